The van der Waals surface area contributed by atoms with Crippen molar-refractivity contribution >= 4 is 0 Å². The number of rotatable bonds is 2. The van der Waals surface area contributed by atoms with Gasteiger partial charge in [-0.15, -0.1) is 0 Å². The molecule has 1 aliphatic rings. The van der Waals surface area contributed by atoms with Crippen LogP contribution in [-0.4, -0.2) is 62.8 Å². The van der Waals surface area contributed by atoms with Gasteiger partial charge < -0.3 is 30.3 Å². The van der Waals surface area contributed by atoms with E-state index in [4.69, 9.17) is 10.2 Å². The first-order valence-corrected chi connectivity index (χ1v) is 3.47. The molecule has 0 bridgehead atoms. The van der Waals surface area contributed by atoms with E-state index in [2.05, 4.69) is 4.74 Å². The van der Waals surface area contributed by atoms with Gasteiger partial charge in [-0.3, -0.25) is 0 Å². The maximum Gasteiger partial charge on any atom is 0.219 e. The average Bonchev–Trinajstić information content (AvgIpc) is 2.32. The first kappa shape index (κ1) is 9.85. The first-order valence-electron chi connectivity index (χ1n) is 3.47. The van der Waals surface area contributed by atoms with Crippen molar-refractivity contribution < 1.29 is 30.3 Å². The summed E-state index contributed by atoms with van der Waals surface area (Å²) in [4.78, 5) is 0. The molecular formula is C6H12O6. The van der Waals surface area contributed by atoms with Crippen LogP contribution in [0.3, 0.4) is 0 Å². The van der Waals surface area contributed by atoms with Crippen LogP contribution in [0.4, 0.5) is 0 Å². The normalized spacial score (nSPS) is 48.2. The topological polar surface area (TPSA) is 110 Å². The van der Waals surface area contributed by atoms with Crippen LogP contribution in [0.2, 0.25) is 0 Å². The predicted octanol–water partition coefficient (Wildman–Crippen LogP) is -3.22. The van der Waals surface area contributed by atoms with Crippen LogP contribution in [-0.2, 0) is 4.74 Å². The second kappa shape index (κ2) is 2.91. The van der Waals surface area contributed by atoms with Gasteiger partial charge in [-0.05, 0) is 0 Å². The van der Waals surface area contributed by atoms with Gasteiger partial charge >= 0.3 is 0 Å². The van der Waals surface area contributed by atoms with E-state index in [-0.39, 0.29) is 0 Å². The van der Waals surface area contributed by atoms with Crippen molar-refractivity contribution in [2.45, 2.75) is 17.5 Å². The Labute approximate surface area is 68.6 Å². The Morgan fingerprint density at radius 1 is 1.25 bits per heavy atom. The molecule has 0 saturated carbocycles. The van der Waals surface area contributed by atoms with Gasteiger partial charge in [0.1, 0.15) is 11.7 Å². The van der Waals surface area contributed by atoms with E-state index >= 15 is 0 Å². The SMILES string of the molecule is OCC1(O)COC(O)(CO)C1O. The minimum atomic E-state index is -2.17. The fourth-order valence-electron chi connectivity index (χ4n) is 1.09. The van der Waals surface area contributed by atoms with Gasteiger partial charge in [0.25, 0.3) is 0 Å². The molecule has 1 aliphatic heterocycles. The summed E-state index contributed by atoms with van der Waals surface area (Å²) in [5, 5.41) is 45.0. The molecule has 1 fully saturated rings. The molecule has 12 heavy (non-hydrogen) atoms. The molecule has 1 saturated heterocycles. The van der Waals surface area contributed by atoms with Crippen LogP contribution < -0.4 is 0 Å². The Bertz CT molecular complexity index is 155. The molecule has 0 amide bonds. The number of hydrogen-bond acceptors (Lipinski definition) is 6. The first-order chi connectivity index (χ1) is 5.48. The summed E-state index contributed by atoms with van der Waals surface area (Å²) in [7, 11) is 0. The molecule has 1 rings (SSSR count). The van der Waals surface area contributed by atoms with Gasteiger partial charge in [0.15, 0.2) is 0 Å². The van der Waals surface area contributed by atoms with Gasteiger partial charge in [0.2, 0.25) is 5.79 Å². The van der Waals surface area contributed by atoms with Gasteiger partial charge in [-0.25, -0.2) is 0 Å². The van der Waals surface area contributed by atoms with Crippen molar-refractivity contribution in [3.63, 3.8) is 0 Å². The third-order valence-electron chi connectivity index (χ3n) is 2.01. The number of ether oxygens (including phenoxy) is 1. The third-order valence-corrected chi connectivity index (χ3v) is 2.01. The van der Waals surface area contributed by atoms with Gasteiger partial charge in [0, 0.05) is 0 Å². The van der Waals surface area contributed by atoms with Crippen LogP contribution in [0.1, 0.15) is 0 Å². The highest BCUT2D eigenvalue weighted by atomic mass is 16.7. The second-order valence-corrected chi connectivity index (χ2v) is 2.96. The molecule has 0 aromatic carbocycles. The molecule has 0 aromatic heterocycles. The second-order valence-electron chi connectivity index (χ2n) is 2.96. The highest BCUT2D eigenvalue weighted by molar-refractivity contribution is 5.00. The Kier molecular flexibility index (Phi) is 2.39. The molecule has 72 valence electrons. The molecule has 6 heteroatoms. The standard InChI is InChI=1S/C6H12O6/c7-1-5(10)3-12-6(11,2-8)4(5)9/h4,7-11H,1-3H2. The van der Waals surface area contributed by atoms with E-state index in [0.717, 1.165) is 0 Å². The molecule has 0 aliphatic carbocycles. The maximum atomic E-state index is 9.34. The fraction of sp³-hybridized carbons (Fsp3) is 1.00. The van der Waals surface area contributed by atoms with E-state index in [1.807, 2.05) is 0 Å². The summed E-state index contributed by atoms with van der Waals surface area (Å²) < 4.78 is 4.55. The van der Waals surface area contributed by atoms with Crippen molar-refractivity contribution in [2.75, 3.05) is 19.8 Å². The average molecular weight is 180 g/mol. The van der Waals surface area contributed by atoms with E-state index in [1.165, 1.54) is 0 Å². The smallest absolute Gasteiger partial charge is 0.219 e. The highest BCUT2D eigenvalue weighted by Gasteiger charge is 2.56. The molecule has 0 radical (unpaired) electrons. The molecule has 3 unspecified atom stereocenters. The van der Waals surface area contributed by atoms with E-state index in [9.17, 15) is 15.3 Å². The Balaban J connectivity index is 2.79. The van der Waals surface area contributed by atoms with Gasteiger partial charge in [-0.2, -0.15) is 0 Å². The monoisotopic (exact) mass is 180 g/mol. The number of hydrogen-bond donors (Lipinski definition) is 5. The summed E-state index contributed by atoms with van der Waals surface area (Å²) in [6, 6.07) is 0. The minimum absolute atomic E-state index is 0.415. The molecular weight excluding hydrogens is 168 g/mol. The lowest BCUT2D eigenvalue weighted by molar-refractivity contribution is -0.238. The summed E-state index contributed by atoms with van der Waals surface area (Å²) in [5.41, 5.74) is -1.89. The molecule has 5 N–H and O–H groups in total. The van der Waals surface area contributed by atoms with Crippen molar-refractivity contribution in [1.29, 1.82) is 0 Å². The lowest BCUT2D eigenvalue weighted by Gasteiger charge is -2.27. The van der Waals surface area contributed by atoms with Crippen LogP contribution in [0, 0.1) is 0 Å². The van der Waals surface area contributed by atoms with Crippen LogP contribution >= 0.6 is 0 Å². The summed E-state index contributed by atoms with van der Waals surface area (Å²) in [5.74, 6) is -2.17. The lowest BCUT2D eigenvalue weighted by Crippen LogP contribution is -2.53. The van der Waals surface area contributed by atoms with Gasteiger partial charge in [0.05, 0.1) is 19.8 Å². The molecule has 0 spiro atoms. The largest absolute Gasteiger partial charge is 0.393 e. The highest BCUT2D eigenvalue weighted by Crippen LogP contribution is 2.30. The van der Waals surface area contributed by atoms with Crippen molar-refractivity contribution in [1.82, 2.24) is 0 Å². The van der Waals surface area contributed by atoms with Crippen LogP contribution in [0.5, 0.6) is 0 Å². The zero-order chi connectivity index (χ0) is 9.41. The van der Waals surface area contributed by atoms with Crippen LogP contribution in [0.25, 0.3) is 0 Å². The van der Waals surface area contributed by atoms with Crippen molar-refractivity contribution in [3.05, 3.63) is 0 Å². The quantitative estimate of drug-likeness (QED) is 0.306. The Morgan fingerprint density at radius 2 is 1.83 bits per heavy atom. The molecule has 0 aromatic rings. The van der Waals surface area contributed by atoms with Crippen molar-refractivity contribution in [3.8, 4) is 0 Å². The summed E-state index contributed by atoms with van der Waals surface area (Å²) in [6.45, 7) is -1.99. The minimum Gasteiger partial charge on any atom is -0.393 e. The van der Waals surface area contributed by atoms with Crippen molar-refractivity contribution in [2.24, 2.45) is 0 Å². The predicted molar refractivity (Wildman–Crippen MR) is 36.0 cm³/mol. The van der Waals surface area contributed by atoms with E-state index in [1.54, 1.807) is 0 Å². The number of aliphatic hydroxyl groups excluding tert-OH is 3. The summed E-state index contributed by atoms with van der Waals surface area (Å²) >= 11 is 0. The zero-order valence-corrected chi connectivity index (χ0v) is 6.34. The zero-order valence-electron chi connectivity index (χ0n) is 6.34. The summed E-state index contributed by atoms with van der Waals surface area (Å²) in [6.07, 6.45) is -1.71. The Hall–Kier alpha value is -0.240. The lowest BCUT2D eigenvalue weighted by atomic mass is 9.96. The van der Waals surface area contributed by atoms with Crippen LogP contribution in [0.15, 0.2) is 0 Å². The molecule has 1 heterocycles. The molecule has 3 atom stereocenters. The van der Waals surface area contributed by atoms with Gasteiger partial charge in [-0.1, -0.05) is 0 Å². The fourth-order valence-corrected chi connectivity index (χ4v) is 1.09. The third kappa shape index (κ3) is 1.22. The Morgan fingerprint density at radius 3 is 2.08 bits per heavy atom. The van der Waals surface area contributed by atoms with E-state index in [0.29, 0.717) is 0 Å². The number of aliphatic hydroxyl groups is 5. The maximum absolute atomic E-state index is 9.34. The van der Waals surface area contributed by atoms with E-state index < -0.39 is 37.3 Å². The molecule has 6 nitrogen and oxygen atoms in total.